The highest BCUT2D eigenvalue weighted by atomic mass is 35.5. The second-order valence-corrected chi connectivity index (χ2v) is 7.03. The van der Waals surface area contributed by atoms with Gasteiger partial charge in [0.15, 0.2) is 0 Å². The number of amides is 1. The molecule has 5 nitrogen and oxygen atoms in total. The molecule has 0 saturated carbocycles. The Bertz CT molecular complexity index is 957. The largest absolute Gasteiger partial charge is 0.366 e. The number of nitrogens with two attached hydrogens (primary N) is 1. The monoisotopic (exact) mass is 384 g/mol. The van der Waals surface area contributed by atoms with Gasteiger partial charge in [0.2, 0.25) is 11.9 Å². The van der Waals surface area contributed by atoms with E-state index in [0.717, 1.165) is 27.3 Å². The predicted molar refractivity (Wildman–Crippen MR) is 106 cm³/mol. The van der Waals surface area contributed by atoms with Gasteiger partial charge < -0.3 is 5.73 Å². The Balaban J connectivity index is 1.87. The molecule has 0 fully saturated rings. The first-order valence-electron chi connectivity index (χ1n) is 7.88. The van der Waals surface area contributed by atoms with Crippen molar-refractivity contribution in [1.29, 1.82) is 0 Å². The minimum absolute atomic E-state index is 0.353. The number of hydrogen-bond donors (Lipinski definition) is 2. The first kappa shape index (κ1) is 18.2. The second kappa shape index (κ2) is 7.76. The number of carbonyl (C=O) groups excluding carboxylic acids is 1. The number of hydrogen-bond acceptors (Lipinski definition) is 5. The molecule has 0 aliphatic heterocycles. The van der Waals surface area contributed by atoms with Crippen LogP contribution in [0.15, 0.2) is 53.4 Å². The van der Waals surface area contributed by atoms with Crippen LogP contribution in [0.3, 0.4) is 0 Å². The van der Waals surface area contributed by atoms with Crippen LogP contribution in [0.2, 0.25) is 5.15 Å². The number of anilines is 1. The number of aryl methyl sites for hydroxylation is 2. The Morgan fingerprint density at radius 3 is 2.46 bits per heavy atom. The van der Waals surface area contributed by atoms with Crippen LogP contribution in [-0.4, -0.2) is 15.9 Å². The number of carbonyl (C=O) groups is 1. The van der Waals surface area contributed by atoms with Crippen molar-refractivity contribution in [2.24, 2.45) is 5.73 Å². The van der Waals surface area contributed by atoms with Gasteiger partial charge in [0, 0.05) is 22.1 Å². The summed E-state index contributed by atoms with van der Waals surface area (Å²) >= 11 is 7.48. The Morgan fingerprint density at radius 2 is 1.77 bits per heavy atom. The molecule has 0 bridgehead atoms. The summed E-state index contributed by atoms with van der Waals surface area (Å²) in [5, 5.41) is 0.353. The Morgan fingerprint density at radius 1 is 1.08 bits per heavy atom. The summed E-state index contributed by atoms with van der Waals surface area (Å²) in [6.07, 6.45) is 0. The van der Waals surface area contributed by atoms with Gasteiger partial charge in [0.25, 0.3) is 0 Å². The molecule has 7 heteroatoms. The first-order chi connectivity index (χ1) is 12.4. The van der Waals surface area contributed by atoms with E-state index in [2.05, 4.69) is 14.7 Å². The third-order valence-corrected chi connectivity index (χ3v) is 4.78. The fourth-order valence-corrected chi connectivity index (χ4v) is 3.44. The van der Waals surface area contributed by atoms with Crippen LogP contribution in [0, 0.1) is 13.8 Å². The number of aromatic nitrogens is 2. The normalized spacial score (nSPS) is 10.6. The van der Waals surface area contributed by atoms with Gasteiger partial charge in [-0.15, -0.1) is 0 Å². The quantitative estimate of drug-likeness (QED) is 0.495. The van der Waals surface area contributed by atoms with Crippen LogP contribution in [0.4, 0.5) is 5.95 Å². The van der Waals surface area contributed by atoms with Crippen molar-refractivity contribution in [1.82, 2.24) is 9.97 Å². The molecule has 0 unspecified atom stereocenters. The topological polar surface area (TPSA) is 80.9 Å². The van der Waals surface area contributed by atoms with Crippen LogP contribution in [0.5, 0.6) is 0 Å². The fourth-order valence-electron chi connectivity index (χ4n) is 2.63. The van der Waals surface area contributed by atoms with Crippen molar-refractivity contribution in [3.8, 4) is 11.3 Å². The molecule has 132 valence electrons. The molecule has 0 aliphatic rings. The van der Waals surface area contributed by atoms with E-state index in [-0.39, 0.29) is 0 Å². The van der Waals surface area contributed by atoms with Gasteiger partial charge in [-0.2, -0.15) is 0 Å². The second-order valence-electron chi connectivity index (χ2n) is 5.76. The lowest BCUT2D eigenvalue weighted by molar-refractivity contribution is 0.1000. The number of nitrogens with one attached hydrogen (secondary N) is 1. The van der Waals surface area contributed by atoms with Gasteiger partial charge in [-0.25, -0.2) is 9.97 Å². The SMILES string of the molecule is Cc1cccc(C)c1-c1cc(Cl)nc(NSc2cccc(C(N)=O)c2)n1. The zero-order valence-electron chi connectivity index (χ0n) is 14.3. The third kappa shape index (κ3) is 4.15. The molecule has 1 heterocycles. The van der Waals surface area contributed by atoms with Crippen molar-refractivity contribution in [2.75, 3.05) is 4.72 Å². The maximum absolute atomic E-state index is 11.3. The van der Waals surface area contributed by atoms with Crippen molar-refractivity contribution >= 4 is 35.4 Å². The minimum Gasteiger partial charge on any atom is -0.366 e. The van der Waals surface area contributed by atoms with E-state index in [4.69, 9.17) is 17.3 Å². The highest BCUT2D eigenvalue weighted by Gasteiger charge is 2.11. The summed E-state index contributed by atoms with van der Waals surface area (Å²) in [6, 6.07) is 14.8. The number of benzene rings is 2. The summed E-state index contributed by atoms with van der Waals surface area (Å²) in [5.41, 5.74) is 9.79. The standard InChI is InChI=1S/C19H17ClN4OS/c1-11-5-3-6-12(2)17(11)15-10-16(20)23-19(22-15)24-26-14-8-4-7-13(9-14)18(21)25/h3-10H,1-2H3,(H2,21,25)(H,22,23,24). The Labute approximate surface area is 161 Å². The molecular formula is C19H17ClN4OS. The number of primary amides is 1. The molecule has 0 atom stereocenters. The fraction of sp³-hybridized carbons (Fsp3) is 0.105. The summed E-state index contributed by atoms with van der Waals surface area (Å²) in [7, 11) is 0. The summed E-state index contributed by atoms with van der Waals surface area (Å²) < 4.78 is 3.07. The van der Waals surface area contributed by atoms with E-state index in [0.29, 0.717) is 16.7 Å². The van der Waals surface area contributed by atoms with Crippen molar-refractivity contribution < 1.29 is 4.79 Å². The maximum Gasteiger partial charge on any atom is 0.248 e. The van der Waals surface area contributed by atoms with Crippen LogP contribution >= 0.6 is 23.5 Å². The molecule has 3 aromatic rings. The van der Waals surface area contributed by atoms with Crippen LogP contribution in [0.1, 0.15) is 21.5 Å². The number of halogens is 1. The summed E-state index contributed by atoms with van der Waals surface area (Å²) in [5.74, 6) is -0.0756. The maximum atomic E-state index is 11.3. The zero-order valence-corrected chi connectivity index (χ0v) is 15.9. The Kier molecular flexibility index (Phi) is 5.44. The van der Waals surface area contributed by atoms with Crippen LogP contribution < -0.4 is 10.5 Å². The lowest BCUT2D eigenvalue weighted by atomic mass is 10.00. The smallest absolute Gasteiger partial charge is 0.248 e. The zero-order chi connectivity index (χ0) is 18.7. The van der Waals surface area contributed by atoms with E-state index in [9.17, 15) is 4.79 Å². The van der Waals surface area contributed by atoms with Crippen molar-refractivity contribution in [3.63, 3.8) is 0 Å². The Hall–Kier alpha value is -2.57. The van der Waals surface area contributed by atoms with E-state index >= 15 is 0 Å². The number of nitrogens with zero attached hydrogens (tertiary/aromatic N) is 2. The lowest BCUT2D eigenvalue weighted by Crippen LogP contribution is -2.10. The van der Waals surface area contributed by atoms with Crippen LogP contribution in [0.25, 0.3) is 11.3 Å². The molecule has 0 saturated heterocycles. The molecule has 0 radical (unpaired) electrons. The predicted octanol–water partition coefficient (Wildman–Crippen LogP) is 4.63. The van der Waals surface area contributed by atoms with Gasteiger partial charge in [-0.05, 0) is 55.1 Å². The first-order valence-corrected chi connectivity index (χ1v) is 9.07. The minimum atomic E-state index is -0.469. The highest BCUT2D eigenvalue weighted by Crippen LogP contribution is 2.29. The van der Waals surface area contributed by atoms with Gasteiger partial charge in [0.05, 0.1) is 5.69 Å². The van der Waals surface area contributed by atoms with Crippen molar-refractivity contribution in [3.05, 3.63) is 70.4 Å². The van der Waals surface area contributed by atoms with E-state index in [1.165, 1.54) is 11.9 Å². The molecule has 0 spiro atoms. The van der Waals surface area contributed by atoms with Gasteiger partial charge in [-0.3, -0.25) is 9.52 Å². The molecule has 2 aromatic carbocycles. The molecular weight excluding hydrogens is 368 g/mol. The van der Waals surface area contributed by atoms with E-state index in [1.54, 1.807) is 24.3 Å². The van der Waals surface area contributed by atoms with Gasteiger partial charge in [0.1, 0.15) is 5.15 Å². The highest BCUT2D eigenvalue weighted by molar-refractivity contribution is 8.00. The number of rotatable bonds is 5. The average molecular weight is 385 g/mol. The summed E-state index contributed by atoms with van der Waals surface area (Å²) in [4.78, 5) is 20.9. The molecule has 0 aliphatic carbocycles. The molecule has 3 N–H and O–H groups in total. The van der Waals surface area contributed by atoms with E-state index in [1.807, 2.05) is 38.1 Å². The molecule has 3 rings (SSSR count). The van der Waals surface area contributed by atoms with Crippen LogP contribution in [-0.2, 0) is 0 Å². The third-order valence-electron chi connectivity index (χ3n) is 3.81. The molecule has 1 aromatic heterocycles. The van der Waals surface area contributed by atoms with Gasteiger partial charge in [-0.1, -0.05) is 35.9 Å². The van der Waals surface area contributed by atoms with E-state index < -0.39 is 5.91 Å². The summed E-state index contributed by atoms with van der Waals surface area (Å²) in [6.45, 7) is 4.07. The molecule has 26 heavy (non-hydrogen) atoms. The average Bonchev–Trinajstić information content (AvgIpc) is 2.60. The van der Waals surface area contributed by atoms with Gasteiger partial charge >= 0.3 is 0 Å². The molecule has 1 amide bonds. The lowest BCUT2D eigenvalue weighted by Gasteiger charge is -2.11. The van der Waals surface area contributed by atoms with Crippen molar-refractivity contribution in [2.45, 2.75) is 18.7 Å².